The van der Waals surface area contributed by atoms with Crippen LogP contribution < -0.4 is 5.73 Å². The van der Waals surface area contributed by atoms with Crippen LogP contribution in [0.1, 0.15) is 41.6 Å². The van der Waals surface area contributed by atoms with Crippen LogP contribution in [0.2, 0.25) is 0 Å². The number of benzene rings is 1. The fraction of sp³-hybridized carbons (Fsp3) is 0.462. The monoisotopic (exact) mass is 205 g/mol. The van der Waals surface area contributed by atoms with Crippen LogP contribution in [0, 0.1) is 6.92 Å². The molecule has 0 amide bonds. The quantitative estimate of drug-likeness (QED) is 0.573. The highest BCUT2D eigenvalue weighted by atomic mass is 16.1. The van der Waals surface area contributed by atoms with Gasteiger partial charge >= 0.3 is 0 Å². The number of hydrogen-bond donors (Lipinski definition) is 1. The van der Waals surface area contributed by atoms with Gasteiger partial charge in [0.25, 0.3) is 0 Å². The van der Waals surface area contributed by atoms with Gasteiger partial charge in [-0.2, -0.15) is 0 Å². The Morgan fingerprint density at radius 1 is 1.20 bits per heavy atom. The number of unbranched alkanes of at least 4 members (excludes halogenated alkanes) is 2. The van der Waals surface area contributed by atoms with Crippen LogP contribution in [0.3, 0.4) is 0 Å². The van der Waals surface area contributed by atoms with E-state index in [4.69, 9.17) is 5.73 Å². The molecule has 0 fully saturated rings. The Labute approximate surface area is 91.5 Å². The Morgan fingerprint density at radius 2 is 1.93 bits per heavy atom. The Bertz CT molecular complexity index is 320. The summed E-state index contributed by atoms with van der Waals surface area (Å²) in [5, 5.41) is 0. The second-order valence-electron chi connectivity index (χ2n) is 3.84. The van der Waals surface area contributed by atoms with Gasteiger partial charge in [-0.25, -0.2) is 0 Å². The van der Waals surface area contributed by atoms with Gasteiger partial charge in [-0.1, -0.05) is 30.7 Å². The van der Waals surface area contributed by atoms with E-state index in [0.717, 1.165) is 36.9 Å². The summed E-state index contributed by atoms with van der Waals surface area (Å²) >= 11 is 0. The molecule has 1 aromatic carbocycles. The molecule has 0 unspecified atom stereocenters. The van der Waals surface area contributed by atoms with Crippen molar-refractivity contribution < 1.29 is 4.79 Å². The third kappa shape index (κ3) is 3.84. The van der Waals surface area contributed by atoms with Crippen LogP contribution in [-0.2, 0) is 0 Å². The molecule has 0 saturated heterocycles. The molecule has 2 nitrogen and oxygen atoms in total. The molecule has 0 aliphatic rings. The lowest BCUT2D eigenvalue weighted by Gasteiger charge is -2.04. The lowest BCUT2D eigenvalue weighted by Crippen LogP contribution is -2.02. The van der Waals surface area contributed by atoms with E-state index in [9.17, 15) is 4.79 Å². The van der Waals surface area contributed by atoms with Crippen molar-refractivity contribution in [3.05, 3.63) is 35.4 Å². The van der Waals surface area contributed by atoms with Gasteiger partial charge in [0.15, 0.2) is 5.78 Å². The number of ketones is 1. The molecule has 15 heavy (non-hydrogen) atoms. The summed E-state index contributed by atoms with van der Waals surface area (Å²) in [6, 6.07) is 7.76. The average Bonchev–Trinajstić information content (AvgIpc) is 2.25. The standard InChI is InChI=1S/C13H19NO/c1-11-7-4-5-8-12(11)13(15)9-3-2-6-10-14/h4-5,7-8H,2-3,6,9-10,14H2,1H3. The fourth-order valence-electron chi connectivity index (χ4n) is 1.63. The molecule has 0 bridgehead atoms. The van der Waals surface area contributed by atoms with Gasteiger partial charge in [-0.15, -0.1) is 0 Å². The van der Waals surface area contributed by atoms with Crippen molar-refractivity contribution in [2.45, 2.75) is 32.6 Å². The molecule has 0 heterocycles. The van der Waals surface area contributed by atoms with Gasteiger partial charge in [-0.05, 0) is 31.9 Å². The smallest absolute Gasteiger partial charge is 0.163 e. The summed E-state index contributed by atoms with van der Waals surface area (Å²) in [4.78, 5) is 11.8. The maximum atomic E-state index is 11.8. The van der Waals surface area contributed by atoms with E-state index in [1.54, 1.807) is 0 Å². The van der Waals surface area contributed by atoms with Crippen LogP contribution in [0.15, 0.2) is 24.3 Å². The minimum atomic E-state index is 0.255. The molecule has 0 aromatic heterocycles. The van der Waals surface area contributed by atoms with Gasteiger partial charge < -0.3 is 5.73 Å². The molecular formula is C13H19NO. The Hall–Kier alpha value is -1.15. The number of carbonyl (C=O) groups is 1. The molecule has 0 atom stereocenters. The van der Waals surface area contributed by atoms with Gasteiger partial charge in [0.2, 0.25) is 0 Å². The number of Topliss-reactive ketones (excluding diaryl/α,β-unsaturated/α-hetero) is 1. The Morgan fingerprint density at radius 3 is 2.60 bits per heavy atom. The van der Waals surface area contributed by atoms with E-state index in [0.29, 0.717) is 6.42 Å². The highest BCUT2D eigenvalue weighted by Gasteiger charge is 2.07. The first-order valence-electron chi connectivity index (χ1n) is 5.54. The summed E-state index contributed by atoms with van der Waals surface area (Å²) < 4.78 is 0. The minimum Gasteiger partial charge on any atom is -0.330 e. The lowest BCUT2D eigenvalue weighted by molar-refractivity contribution is 0.0978. The predicted molar refractivity (Wildman–Crippen MR) is 63.0 cm³/mol. The molecule has 82 valence electrons. The molecule has 0 radical (unpaired) electrons. The first kappa shape index (κ1) is 11.9. The van der Waals surface area contributed by atoms with Crippen LogP contribution in [0.5, 0.6) is 0 Å². The predicted octanol–water partition coefficient (Wildman–Crippen LogP) is 2.70. The largest absolute Gasteiger partial charge is 0.330 e. The van der Waals surface area contributed by atoms with Crippen molar-refractivity contribution >= 4 is 5.78 Å². The van der Waals surface area contributed by atoms with Gasteiger partial charge in [0.05, 0.1) is 0 Å². The minimum absolute atomic E-state index is 0.255. The zero-order chi connectivity index (χ0) is 11.1. The summed E-state index contributed by atoms with van der Waals surface area (Å²) in [6.45, 7) is 2.70. The number of aryl methyl sites for hydroxylation is 1. The zero-order valence-electron chi connectivity index (χ0n) is 9.33. The molecule has 0 saturated carbocycles. The van der Waals surface area contributed by atoms with Gasteiger partial charge in [-0.3, -0.25) is 4.79 Å². The molecule has 2 heteroatoms. The van der Waals surface area contributed by atoms with E-state index < -0.39 is 0 Å². The van der Waals surface area contributed by atoms with Gasteiger partial charge in [0.1, 0.15) is 0 Å². The van der Waals surface area contributed by atoms with Gasteiger partial charge in [0, 0.05) is 12.0 Å². The van der Waals surface area contributed by atoms with E-state index in [1.807, 2.05) is 31.2 Å². The third-order valence-electron chi connectivity index (χ3n) is 2.55. The average molecular weight is 205 g/mol. The normalized spacial score (nSPS) is 10.3. The van der Waals surface area contributed by atoms with E-state index in [-0.39, 0.29) is 5.78 Å². The van der Waals surface area contributed by atoms with Crippen molar-refractivity contribution in [2.24, 2.45) is 5.73 Å². The van der Waals surface area contributed by atoms with E-state index >= 15 is 0 Å². The summed E-state index contributed by atoms with van der Waals surface area (Å²) in [5.41, 5.74) is 7.33. The maximum Gasteiger partial charge on any atom is 0.163 e. The first-order chi connectivity index (χ1) is 7.25. The molecule has 1 aromatic rings. The first-order valence-corrected chi connectivity index (χ1v) is 5.54. The third-order valence-corrected chi connectivity index (χ3v) is 2.55. The van der Waals surface area contributed by atoms with Crippen LogP contribution in [0.4, 0.5) is 0 Å². The van der Waals surface area contributed by atoms with Crippen LogP contribution in [-0.4, -0.2) is 12.3 Å². The van der Waals surface area contributed by atoms with E-state index in [2.05, 4.69) is 0 Å². The van der Waals surface area contributed by atoms with Crippen molar-refractivity contribution in [2.75, 3.05) is 6.54 Å². The molecule has 0 aliphatic carbocycles. The molecule has 0 aliphatic heterocycles. The van der Waals surface area contributed by atoms with Crippen molar-refractivity contribution in [1.82, 2.24) is 0 Å². The fourth-order valence-corrected chi connectivity index (χ4v) is 1.63. The molecular weight excluding hydrogens is 186 g/mol. The van der Waals surface area contributed by atoms with E-state index in [1.165, 1.54) is 0 Å². The molecule has 2 N–H and O–H groups in total. The Kier molecular flexibility index (Phi) is 5.05. The Balaban J connectivity index is 2.44. The lowest BCUT2D eigenvalue weighted by atomic mass is 10.0. The second kappa shape index (κ2) is 6.36. The SMILES string of the molecule is Cc1ccccc1C(=O)CCCCCN. The van der Waals surface area contributed by atoms with Crippen molar-refractivity contribution in [1.29, 1.82) is 0 Å². The number of hydrogen-bond acceptors (Lipinski definition) is 2. The van der Waals surface area contributed by atoms with Crippen LogP contribution >= 0.6 is 0 Å². The highest BCUT2D eigenvalue weighted by molar-refractivity contribution is 5.97. The summed E-state index contributed by atoms with van der Waals surface area (Å²) in [5.74, 6) is 0.255. The van der Waals surface area contributed by atoms with Crippen molar-refractivity contribution in [3.63, 3.8) is 0 Å². The topological polar surface area (TPSA) is 43.1 Å². The second-order valence-corrected chi connectivity index (χ2v) is 3.84. The summed E-state index contributed by atoms with van der Waals surface area (Å²) in [7, 11) is 0. The number of nitrogens with two attached hydrogens (primary N) is 1. The van der Waals surface area contributed by atoms with Crippen LogP contribution in [0.25, 0.3) is 0 Å². The molecule has 1 rings (SSSR count). The molecule has 0 spiro atoms. The number of carbonyl (C=O) groups excluding carboxylic acids is 1. The number of rotatable bonds is 6. The highest BCUT2D eigenvalue weighted by Crippen LogP contribution is 2.12. The maximum absolute atomic E-state index is 11.8. The zero-order valence-corrected chi connectivity index (χ0v) is 9.33. The summed E-state index contributed by atoms with van der Waals surface area (Å²) in [6.07, 6.45) is 3.66. The van der Waals surface area contributed by atoms with Crippen molar-refractivity contribution in [3.8, 4) is 0 Å².